The summed E-state index contributed by atoms with van der Waals surface area (Å²) in [7, 11) is 0. The number of nitro groups is 1. The summed E-state index contributed by atoms with van der Waals surface area (Å²) >= 11 is 0. The molecule has 150 valence electrons. The van der Waals surface area contributed by atoms with E-state index in [1.54, 1.807) is 18.2 Å². The van der Waals surface area contributed by atoms with Crippen molar-refractivity contribution in [2.45, 2.75) is 32.1 Å². The van der Waals surface area contributed by atoms with Crippen LogP contribution < -0.4 is 0 Å². The van der Waals surface area contributed by atoms with Crippen molar-refractivity contribution in [2.75, 3.05) is 0 Å². The van der Waals surface area contributed by atoms with E-state index >= 15 is 0 Å². The molecule has 0 radical (unpaired) electrons. The number of nitrogens with zero attached hydrogens (tertiary/aromatic N) is 1. The Morgan fingerprint density at radius 2 is 1.33 bits per heavy atom. The van der Waals surface area contributed by atoms with Gasteiger partial charge in [-0.15, -0.1) is 0 Å². The summed E-state index contributed by atoms with van der Waals surface area (Å²) < 4.78 is 0. The minimum Gasteiger partial charge on any atom is -0.258 e. The molecular weight excluding hydrogens is 370 g/mol. The van der Waals surface area contributed by atoms with Crippen LogP contribution >= 0.6 is 0 Å². The molecule has 1 fully saturated rings. The highest BCUT2D eigenvalue weighted by Crippen LogP contribution is 2.36. The van der Waals surface area contributed by atoms with Gasteiger partial charge in [0, 0.05) is 12.1 Å². The third-order valence-corrected chi connectivity index (χ3v) is 5.61. The minimum absolute atomic E-state index is 0.110. The fraction of sp³-hybridized carbons (Fsp3) is 0.185. The van der Waals surface area contributed by atoms with Crippen LogP contribution in [0, 0.1) is 10.1 Å². The molecular formula is C27H25NO2. The highest BCUT2D eigenvalue weighted by Gasteiger charge is 2.17. The maximum atomic E-state index is 11.4. The first-order valence-electron chi connectivity index (χ1n) is 10.5. The Hall–Kier alpha value is -3.46. The van der Waals surface area contributed by atoms with Crippen LogP contribution in [0.25, 0.3) is 11.1 Å². The molecule has 0 aromatic heterocycles. The maximum absolute atomic E-state index is 11.4. The second-order valence-electron chi connectivity index (χ2n) is 7.69. The van der Waals surface area contributed by atoms with Gasteiger partial charge < -0.3 is 0 Å². The van der Waals surface area contributed by atoms with E-state index in [1.807, 2.05) is 42.5 Å². The molecule has 1 aliphatic rings. The van der Waals surface area contributed by atoms with E-state index in [-0.39, 0.29) is 10.6 Å². The van der Waals surface area contributed by atoms with Crippen molar-refractivity contribution in [2.24, 2.45) is 0 Å². The average molecular weight is 396 g/mol. The van der Waals surface area contributed by atoms with Crippen LogP contribution in [0.4, 0.5) is 5.69 Å². The molecule has 0 N–H and O–H groups in total. The third kappa shape index (κ3) is 4.57. The first-order valence-corrected chi connectivity index (χ1v) is 10.5. The molecule has 30 heavy (non-hydrogen) atoms. The topological polar surface area (TPSA) is 43.1 Å². The van der Waals surface area contributed by atoms with E-state index in [9.17, 15) is 10.1 Å². The normalized spacial score (nSPS) is 14.7. The fourth-order valence-electron chi connectivity index (χ4n) is 4.13. The molecule has 0 heterocycles. The van der Waals surface area contributed by atoms with Crippen molar-refractivity contribution < 1.29 is 4.92 Å². The van der Waals surface area contributed by atoms with E-state index in [1.165, 1.54) is 24.8 Å². The van der Waals surface area contributed by atoms with E-state index < -0.39 is 0 Å². The van der Waals surface area contributed by atoms with Gasteiger partial charge in [-0.2, -0.15) is 0 Å². The summed E-state index contributed by atoms with van der Waals surface area (Å²) in [5, 5.41) is 11.4. The van der Waals surface area contributed by atoms with Crippen molar-refractivity contribution in [1.29, 1.82) is 0 Å². The molecule has 3 nitrogen and oxygen atoms in total. The number of rotatable bonds is 5. The van der Waals surface area contributed by atoms with E-state index in [2.05, 4.69) is 30.3 Å². The summed E-state index contributed by atoms with van der Waals surface area (Å²) in [5.41, 5.74) is 6.77. The van der Waals surface area contributed by atoms with Gasteiger partial charge in [0.25, 0.3) is 5.69 Å². The van der Waals surface area contributed by atoms with E-state index in [0.717, 1.165) is 40.7 Å². The van der Waals surface area contributed by atoms with Crippen LogP contribution in [0.1, 0.15) is 48.8 Å². The Kier molecular flexibility index (Phi) is 6.19. The largest absolute Gasteiger partial charge is 0.270 e. The van der Waals surface area contributed by atoms with Gasteiger partial charge >= 0.3 is 0 Å². The molecule has 0 unspecified atom stereocenters. The summed E-state index contributed by atoms with van der Waals surface area (Å²) in [4.78, 5) is 11.1. The van der Waals surface area contributed by atoms with Crippen molar-refractivity contribution in [1.82, 2.24) is 0 Å². The lowest BCUT2D eigenvalue weighted by Crippen LogP contribution is -1.98. The van der Waals surface area contributed by atoms with E-state index in [0.29, 0.717) is 0 Å². The number of non-ortho nitro benzene ring substituents is 1. The van der Waals surface area contributed by atoms with Crippen molar-refractivity contribution in [3.05, 3.63) is 123 Å². The molecule has 0 amide bonds. The number of allylic oxidation sites excluding steroid dienone is 3. The minimum atomic E-state index is -0.325. The summed E-state index contributed by atoms with van der Waals surface area (Å²) in [6.45, 7) is 0. The quantitative estimate of drug-likeness (QED) is 0.256. The Morgan fingerprint density at radius 1 is 0.733 bits per heavy atom. The SMILES string of the molecule is O=[N+]([O-])c1cccc(/C(=C(\C=C2CCCCC2)c2ccccc2)c2ccccc2)c1. The third-order valence-electron chi connectivity index (χ3n) is 5.61. The Labute approximate surface area is 177 Å². The molecule has 0 spiro atoms. The van der Waals surface area contributed by atoms with Gasteiger partial charge in [0.2, 0.25) is 0 Å². The van der Waals surface area contributed by atoms with Crippen LogP contribution in [0.3, 0.4) is 0 Å². The number of benzene rings is 3. The van der Waals surface area contributed by atoms with Crippen LogP contribution in [0.2, 0.25) is 0 Å². The molecule has 1 aliphatic carbocycles. The van der Waals surface area contributed by atoms with Gasteiger partial charge in [-0.05, 0) is 53.5 Å². The molecule has 1 saturated carbocycles. The first-order chi connectivity index (χ1) is 14.7. The molecule has 4 rings (SSSR count). The maximum Gasteiger partial charge on any atom is 0.270 e. The highest BCUT2D eigenvalue weighted by molar-refractivity contribution is 6.02. The average Bonchev–Trinajstić information content (AvgIpc) is 2.81. The Morgan fingerprint density at radius 3 is 1.97 bits per heavy atom. The summed E-state index contributed by atoms with van der Waals surface area (Å²) in [6, 6.07) is 27.5. The summed E-state index contributed by atoms with van der Waals surface area (Å²) in [6.07, 6.45) is 8.31. The Bertz CT molecular complexity index is 1070. The lowest BCUT2D eigenvalue weighted by Gasteiger charge is -2.18. The standard InChI is InChI=1S/C27H25NO2/c29-28(30)25-18-10-17-24(20-25)27(23-15-8-3-9-16-23)26(22-13-6-2-7-14-22)19-21-11-4-1-5-12-21/h2-3,6-10,13-20H,1,4-5,11-12H2/b27-26+. The van der Waals surface area contributed by atoms with Gasteiger partial charge in [0.05, 0.1) is 4.92 Å². The van der Waals surface area contributed by atoms with Crippen LogP contribution in [-0.4, -0.2) is 4.92 Å². The van der Waals surface area contributed by atoms with E-state index in [4.69, 9.17) is 0 Å². The lowest BCUT2D eigenvalue weighted by atomic mass is 9.86. The number of hydrogen-bond donors (Lipinski definition) is 0. The van der Waals surface area contributed by atoms with Crippen LogP contribution in [-0.2, 0) is 0 Å². The second-order valence-corrected chi connectivity index (χ2v) is 7.69. The predicted molar refractivity (Wildman–Crippen MR) is 123 cm³/mol. The number of nitro benzene ring substituents is 1. The predicted octanol–water partition coefficient (Wildman–Crippen LogP) is 7.44. The van der Waals surface area contributed by atoms with Crippen molar-refractivity contribution in [3.63, 3.8) is 0 Å². The molecule has 0 atom stereocenters. The molecule has 0 saturated heterocycles. The monoisotopic (exact) mass is 395 g/mol. The van der Waals surface area contributed by atoms with Gasteiger partial charge in [0.15, 0.2) is 0 Å². The molecule has 3 aromatic rings. The molecule has 3 heteroatoms. The van der Waals surface area contributed by atoms with Crippen molar-refractivity contribution in [3.8, 4) is 0 Å². The zero-order valence-electron chi connectivity index (χ0n) is 17.0. The molecule has 3 aromatic carbocycles. The lowest BCUT2D eigenvalue weighted by molar-refractivity contribution is -0.384. The van der Waals surface area contributed by atoms with Crippen LogP contribution in [0.5, 0.6) is 0 Å². The molecule has 0 aliphatic heterocycles. The first kappa shape index (κ1) is 19.8. The fourth-order valence-corrected chi connectivity index (χ4v) is 4.13. The molecule has 0 bridgehead atoms. The van der Waals surface area contributed by atoms with Crippen LogP contribution in [0.15, 0.2) is 96.6 Å². The number of hydrogen-bond acceptors (Lipinski definition) is 2. The second kappa shape index (κ2) is 9.36. The zero-order chi connectivity index (χ0) is 20.8. The Balaban J connectivity index is 2.00. The van der Waals surface area contributed by atoms with Gasteiger partial charge in [-0.1, -0.05) is 90.9 Å². The highest BCUT2D eigenvalue weighted by atomic mass is 16.6. The van der Waals surface area contributed by atoms with Gasteiger partial charge in [-0.3, -0.25) is 10.1 Å². The van der Waals surface area contributed by atoms with Gasteiger partial charge in [-0.25, -0.2) is 0 Å². The smallest absolute Gasteiger partial charge is 0.258 e. The zero-order valence-corrected chi connectivity index (χ0v) is 17.0. The van der Waals surface area contributed by atoms with Crippen molar-refractivity contribution >= 4 is 16.8 Å². The summed E-state index contributed by atoms with van der Waals surface area (Å²) in [5.74, 6) is 0. The van der Waals surface area contributed by atoms with Gasteiger partial charge in [0.1, 0.15) is 0 Å².